The van der Waals surface area contributed by atoms with Crippen molar-refractivity contribution in [2.75, 3.05) is 13.4 Å². The summed E-state index contributed by atoms with van der Waals surface area (Å²) in [5, 5.41) is 0. The molecule has 2 aromatic rings. The van der Waals surface area contributed by atoms with Crippen LogP contribution in [0.25, 0.3) is 0 Å². The Morgan fingerprint density at radius 2 is 1.71 bits per heavy atom. The first kappa shape index (κ1) is 14.0. The quantitative estimate of drug-likeness (QED) is 0.751. The molecule has 1 atom stereocenters. The van der Waals surface area contributed by atoms with Gasteiger partial charge in [-0.1, -0.05) is 18.2 Å². The van der Waals surface area contributed by atoms with E-state index in [4.69, 9.17) is 23.0 Å². The molecule has 3 rings (SSSR count). The topological polar surface area (TPSA) is 46.2 Å². The van der Waals surface area contributed by atoms with Crippen LogP contribution in [0.1, 0.15) is 6.92 Å². The van der Waals surface area contributed by atoms with Crippen LogP contribution in [-0.4, -0.2) is 13.4 Å². The van der Waals surface area contributed by atoms with Crippen LogP contribution in [0.5, 0.6) is 23.0 Å². The minimum Gasteiger partial charge on any atom is -0.454 e. The second-order valence-corrected chi connectivity index (χ2v) is 5.22. The summed E-state index contributed by atoms with van der Waals surface area (Å²) in [5.74, 6) is 2.71. The molecular weight excluding hydrogens is 291 g/mol. The van der Waals surface area contributed by atoms with Crippen LogP contribution in [0.15, 0.2) is 48.5 Å². The van der Waals surface area contributed by atoms with Crippen LogP contribution in [0.3, 0.4) is 0 Å². The molecule has 0 amide bonds. The highest BCUT2D eigenvalue weighted by molar-refractivity contribution is 7.42. The fourth-order valence-electron chi connectivity index (χ4n) is 1.76. The molecule has 1 aliphatic rings. The molecule has 0 spiro atoms. The number of rotatable bonds is 6. The van der Waals surface area contributed by atoms with E-state index in [-0.39, 0.29) is 6.79 Å². The summed E-state index contributed by atoms with van der Waals surface area (Å²) in [5.41, 5.74) is 0. The number of para-hydroxylation sites is 1. The smallest absolute Gasteiger partial charge is 0.454 e. The predicted octanol–water partition coefficient (Wildman–Crippen LogP) is 4.14. The van der Waals surface area contributed by atoms with Crippen LogP contribution in [0.2, 0.25) is 0 Å². The predicted molar refractivity (Wildman–Crippen MR) is 78.8 cm³/mol. The summed E-state index contributed by atoms with van der Waals surface area (Å²) in [6.07, 6.45) is 0. The van der Waals surface area contributed by atoms with Crippen molar-refractivity contribution >= 4 is 8.60 Å². The molecule has 6 heteroatoms. The van der Waals surface area contributed by atoms with Crippen LogP contribution in [0, 0.1) is 0 Å². The standard InChI is InChI=1S/C15H15O5P/c1-2-18-21(19-12-6-4-3-5-7-12)20-13-8-9-14-15(10-13)17-11-16-14/h3-10H,2,11H2,1H3. The van der Waals surface area contributed by atoms with Crippen molar-refractivity contribution < 1.29 is 23.0 Å². The summed E-state index contributed by atoms with van der Waals surface area (Å²) in [6.45, 7) is 2.63. The molecule has 2 aromatic carbocycles. The van der Waals surface area contributed by atoms with E-state index in [1.54, 1.807) is 18.2 Å². The largest absolute Gasteiger partial charge is 0.463 e. The maximum absolute atomic E-state index is 5.77. The lowest BCUT2D eigenvalue weighted by molar-refractivity contribution is 0.174. The Bertz CT molecular complexity index is 590. The third kappa shape index (κ3) is 3.57. The number of benzene rings is 2. The fraction of sp³-hybridized carbons (Fsp3) is 0.200. The molecule has 0 aromatic heterocycles. The molecule has 5 nitrogen and oxygen atoms in total. The number of hydrogen-bond acceptors (Lipinski definition) is 5. The fourth-order valence-corrected chi connectivity index (χ4v) is 2.70. The average Bonchev–Trinajstić information content (AvgIpc) is 2.96. The van der Waals surface area contributed by atoms with Crippen molar-refractivity contribution in [3.63, 3.8) is 0 Å². The molecule has 0 aliphatic carbocycles. The zero-order valence-corrected chi connectivity index (χ0v) is 12.4. The molecule has 0 N–H and O–H groups in total. The maximum atomic E-state index is 5.77. The first-order valence-corrected chi connectivity index (χ1v) is 7.68. The van der Waals surface area contributed by atoms with Crippen LogP contribution < -0.4 is 18.5 Å². The lowest BCUT2D eigenvalue weighted by Crippen LogP contribution is -1.99. The van der Waals surface area contributed by atoms with Gasteiger partial charge in [0.15, 0.2) is 11.5 Å². The zero-order chi connectivity index (χ0) is 14.5. The van der Waals surface area contributed by atoms with Gasteiger partial charge >= 0.3 is 8.60 Å². The Morgan fingerprint density at radius 1 is 0.952 bits per heavy atom. The van der Waals surface area contributed by atoms with E-state index in [0.29, 0.717) is 29.6 Å². The second-order valence-electron chi connectivity index (χ2n) is 4.15. The first-order chi connectivity index (χ1) is 10.3. The minimum absolute atomic E-state index is 0.236. The van der Waals surface area contributed by atoms with E-state index in [1.807, 2.05) is 37.3 Å². The van der Waals surface area contributed by atoms with Gasteiger partial charge in [0, 0.05) is 6.07 Å². The molecule has 0 fully saturated rings. The molecule has 1 aliphatic heterocycles. The average molecular weight is 306 g/mol. The Kier molecular flexibility index (Phi) is 4.43. The second kappa shape index (κ2) is 6.66. The highest BCUT2D eigenvalue weighted by atomic mass is 31.2. The van der Waals surface area contributed by atoms with Crippen molar-refractivity contribution in [3.05, 3.63) is 48.5 Å². The highest BCUT2D eigenvalue weighted by Gasteiger charge is 2.19. The monoisotopic (exact) mass is 306 g/mol. The number of hydrogen-bond donors (Lipinski definition) is 0. The zero-order valence-electron chi connectivity index (χ0n) is 11.5. The Morgan fingerprint density at radius 3 is 2.52 bits per heavy atom. The summed E-state index contributed by atoms with van der Waals surface area (Å²) >= 11 is 0. The maximum Gasteiger partial charge on any atom is 0.463 e. The van der Waals surface area contributed by atoms with Crippen molar-refractivity contribution in [2.45, 2.75) is 6.92 Å². The summed E-state index contributed by atoms with van der Waals surface area (Å²) in [6, 6.07) is 14.8. The molecule has 0 saturated heterocycles. The Hall–Kier alpha value is -1.97. The summed E-state index contributed by atoms with van der Waals surface area (Å²) in [4.78, 5) is 0. The van der Waals surface area contributed by atoms with Gasteiger partial charge in [0.1, 0.15) is 11.5 Å². The van der Waals surface area contributed by atoms with Crippen LogP contribution in [0.4, 0.5) is 0 Å². The molecule has 0 bridgehead atoms. The molecule has 21 heavy (non-hydrogen) atoms. The Balaban J connectivity index is 1.70. The van der Waals surface area contributed by atoms with Crippen molar-refractivity contribution in [1.82, 2.24) is 0 Å². The first-order valence-electron chi connectivity index (χ1n) is 6.59. The summed E-state index contributed by atoms with van der Waals surface area (Å²) < 4.78 is 27.6. The van der Waals surface area contributed by atoms with Gasteiger partial charge in [-0.3, -0.25) is 4.52 Å². The van der Waals surface area contributed by atoms with Gasteiger partial charge in [0.25, 0.3) is 0 Å². The highest BCUT2D eigenvalue weighted by Crippen LogP contribution is 2.44. The minimum atomic E-state index is -1.52. The van der Waals surface area contributed by atoms with Crippen LogP contribution in [-0.2, 0) is 4.52 Å². The van der Waals surface area contributed by atoms with Gasteiger partial charge in [0.05, 0.1) is 6.61 Å². The van der Waals surface area contributed by atoms with E-state index < -0.39 is 8.60 Å². The van der Waals surface area contributed by atoms with E-state index >= 15 is 0 Å². The van der Waals surface area contributed by atoms with Gasteiger partial charge < -0.3 is 18.5 Å². The molecule has 110 valence electrons. The van der Waals surface area contributed by atoms with Gasteiger partial charge in [0.2, 0.25) is 6.79 Å². The van der Waals surface area contributed by atoms with Crippen molar-refractivity contribution in [3.8, 4) is 23.0 Å². The Labute approximate surface area is 124 Å². The van der Waals surface area contributed by atoms with E-state index in [0.717, 1.165) is 0 Å². The number of ether oxygens (including phenoxy) is 2. The van der Waals surface area contributed by atoms with E-state index in [9.17, 15) is 0 Å². The summed E-state index contributed by atoms with van der Waals surface area (Å²) in [7, 11) is -1.52. The molecule has 1 heterocycles. The third-order valence-corrected chi connectivity index (χ3v) is 3.87. The molecule has 0 saturated carbocycles. The number of fused-ring (bicyclic) bond motifs is 1. The third-order valence-electron chi connectivity index (χ3n) is 2.68. The molecule has 0 radical (unpaired) electrons. The molecular formula is C15H15O5P. The lowest BCUT2D eigenvalue weighted by Gasteiger charge is -2.16. The SMILES string of the molecule is CCOP(Oc1ccccc1)Oc1ccc2c(c1)OCO2. The lowest BCUT2D eigenvalue weighted by atomic mass is 10.3. The van der Waals surface area contributed by atoms with E-state index in [1.165, 1.54) is 0 Å². The van der Waals surface area contributed by atoms with Gasteiger partial charge in [-0.05, 0) is 31.2 Å². The molecule has 1 unspecified atom stereocenters. The van der Waals surface area contributed by atoms with Crippen molar-refractivity contribution in [1.29, 1.82) is 0 Å². The van der Waals surface area contributed by atoms with E-state index in [2.05, 4.69) is 0 Å². The van der Waals surface area contributed by atoms with Gasteiger partial charge in [-0.15, -0.1) is 0 Å². The normalized spacial score (nSPS) is 13.8. The van der Waals surface area contributed by atoms with Gasteiger partial charge in [-0.25, -0.2) is 0 Å². The van der Waals surface area contributed by atoms with Crippen LogP contribution >= 0.6 is 8.60 Å². The van der Waals surface area contributed by atoms with Crippen molar-refractivity contribution in [2.24, 2.45) is 0 Å². The van der Waals surface area contributed by atoms with Gasteiger partial charge in [-0.2, -0.15) is 0 Å².